The summed E-state index contributed by atoms with van der Waals surface area (Å²) in [4.78, 5) is 0. The van der Waals surface area contributed by atoms with Crippen molar-refractivity contribution >= 4 is 12.6 Å². The highest BCUT2D eigenvalue weighted by atomic mass is 16.6. The fourth-order valence-corrected chi connectivity index (χ4v) is 2.27. The van der Waals surface area contributed by atoms with Crippen LogP contribution in [0.5, 0.6) is 5.75 Å². The Labute approximate surface area is 94.8 Å². The van der Waals surface area contributed by atoms with E-state index in [1.54, 1.807) is 0 Å². The number of benzene rings is 1. The predicted molar refractivity (Wildman–Crippen MR) is 60.9 cm³/mol. The predicted octanol–water partition coefficient (Wildman–Crippen LogP) is -0.309. The van der Waals surface area contributed by atoms with Crippen molar-refractivity contribution in [3.63, 3.8) is 0 Å². The van der Waals surface area contributed by atoms with Crippen molar-refractivity contribution in [3.05, 3.63) is 23.8 Å². The lowest BCUT2D eigenvalue weighted by Crippen LogP contribution is -2.49. The fourth-order valence-electron chi connectivity index (χ4n) is 2.27. The van der Waals surface area contributed by atoms with Crippen molar-refractivity contribution < 1.29 is 14.0 Å². The summed E-state index contributed by atoms with van der Waals surface area (Å²) in [6.07, 6.45) is 0.883. The van der Waals surface area contributed by atoms with Crippen LogP contribution in [0.4, 0.5) is 0 Å². The Morgan fingerprint density at radius 2 is 2.31 bits per heavy atom. The van der Waals surface area contributed by atoms with Gasteiger partial charge in [0, 0.05) is 12.0 Å². The van der Waals surface area contributed by atoms with E-state index in [1.807, 2.05) is 12.1 Å². The van der Waals surface area contributed by atoms with Crippen molar-refractivity contribution in [1.82, 2.24) is 0 Å². The maximum absolute atomic E-state index is 5.80. The van der Waals surface area contributed by atoms with Crippen LogP contribution in [0.3, 0.4) is 0 Å². The third kappa shape index (κ3) is 1.61. The van der Waals surface area contributed by atoms with Crippen LogP contribution in [0.15, 0.2) is 18.2 Å². The molecular weight excluding hydrogens is 205 g/mol. The van der Waals surface area contributed by atoms with Crippen LogP contribution in [-0.4, -0.2) is 33.0 Å². The summed E-state index contributed by atoms with van der Waals surface area (Å²) < 4.78 is 17.1. The number of hydrogen-bond acceptors (Lipinski definition) is 4. The van der Waals surface area contributed by atoms with E-state index >= 15 is 0 Å². The molecule has 0 fully saturated rings. The first-order valence-electron chi connectivity index (χ1n) is 5.60. The van der Waals surface area contributed by atoms with E-state index in [4.69, 9.17) is 19.8 Å². The molecule has 1 atom stereocenters. The van der Waals surface area contributed by atoms with Crippen LogP contribution in [0.2, 0.25) is 0 Å². The van der Waals surface area contributed by atoms with Gasteiger partial charge in [0.2, 0.25) is 0 Å². The molecule has 2 N–H and O–H groups in total. The second-order valence-electron chi connectivity index (χ2n) is 4.08. The van der Waals surface area contributed by atoms with Crippen molar-refractivity contribution in [2.75, 3.05) is 19.8 Å². The van der Waals surface area contributed by atoms with Gasteiger partial charge < -0.3 is 19.8 Å². The Morgan fingerprint density at radius 3 is 3.19 bits per heavy atom. The topological polar surface area (TPSA) is 53.7 Å². The molecular formula is C11H14BNO3. The first-order chi connectivity index (χ1) is 7.88. The van der Waals surface area contributed by atoms with Crippen LogP contribution >= 0.6 is 0 Å². The van der Waals surface area contributed by atoms with E-state index in [0.717, 1.165) is 17.6 Å². The van der Waals surface area contributed by atoms with Gasteiger partial charge in [-0.3, -0.25) is 0 Å². The molecule has 1 unspecified atom stereocenters. The standard InChI is InChI=1S/C11H14BNO3/c13-7-9-6-8-2-1-3-10-11(8)12(16-9)15-5-4-14-10/h1-3,9H,4-7,13H2. The lowest BCUT2D eigenvalue weighted by molar-refractivity contribution is 0.135. The first kappa shape index (κ1) is 10.1. The van der Waals surface area contributed by atoms with Crippen LogP contribution in [0.25, 0.3) is 0 Å². The van der Waals surface area contributed by atoms with Gasteiger partial charge in [-0.25, -0.2) is 0 Å². The number of hydrogen-bond donors (Lipinski definition) is 1. The Morgan fingerprint density at radius 1 is 1.38 bits per heavy atom. The van der Waals surface area contributed by atoms with Gasteiger partial charge >= 0.3 is 7.12 Å². The van der Waals surface area contributed by atoms with Crippen LogP contribution in [0.1, 0.15) is 5.56 Å². The van der Waals surface area contributed by atoms with E-state index in [2.05, 4.69) is 6.07 Å². The van der Waals surface area contributed by atoms with E-state index in [-0.39, 0.29) is 13.2 Å². The van der Waals surface area contributed by atoms with Crippen LogP contribution in [-0.2, 0) is 15.7 Å². The van der Waals surface area contributed by atoms with Gasteiger partial charge in [0.15, 0.2) is 0 Å². The summed E-state index contributed by atoms with van der Waals surface area (Å²) >= 11 is 0. The lowest BCUT2D eigenvalue weighted by atomic mass is 9.71. The average Bonchev–Trinajstić information content (AvgIpc) is 2.53. The smallest absolute Gasteiger partial charge is 0.492 e. The molecule has 0 spiro atoms. The molecule has 0 radical (unpaired) electrons. The molecule has 1 aromatic carbocycles. The highest BCUT2D eigenvalue weighted by molar-refractivity contribution is 6.63. The van der Waals surface area contributed by atoms with Gasteiger partial charge in [-0.2, -0.15) is 0 Å². The molecule has 4 nitrogen and oxygen atoms in total. The van der Waals surface area contributed by atoms with Gasteiger partial charge in [0.25, 0.3) is 0 Å². The molecule has 1 aromatic rings. The summed E-state index contributed by atoms with van der Waals surface area (Å²) in [5.74, 6) is 0.885. The van der Waals surface area contributed by atoms with Gasteiger partial charge in [-0.05, 0) is 18.1 Å². The Hall–Kier alpha value is -1.04. The first-order valence-corrected chi connectivity index (χ1v) is 5.60. The minimum Gasteiger partial charge on any atom is -0.492 e. The number of ether oxygens (including phenoxy) is 1. The zero-order chi connectivity index (χ0) is 11.0. The highest BCUT2D eigenvalue weighted by Crippen LogP contribution is 2.21. The average molecular weight is 219 g/mol. The molecule has 5 heteroatoms. The molecule has 0 bridgehead atoms. The zero-order valence-electron chi connectivity index (χ0n) is 9.02. The second kappa shape index (κ2) is 4.09. The Kier molecular flexibility index (Phi) is 2.59. The maximum atomic E-state index is 5.80. The molecule has 0 aliphatic carbocycles. The van der Waals surface area contributed by atoms with E-state index in [1.165, 1.54) is 5.56 Å². The third-order valence-electron chi connectivity index (χ3n) is 3.03. The van der Waals surface area contributed by atoms with E-state index in [0.29, 0.717) is 19.8 Å². The minimum atomic E-state index is -0.309. The summed E-state index contributed by atoms with van der Waals surface area (Å²) in [5, 5.41) is 0. The van der Waals surface area contributed by atoms with Crippen LogP contribution < -0.4 is 15.9 Å². The molecule has 84 valence electrons. The van der Waals surface area contributed by atoms with Crippen molar-refractivity contribution in [2.24, 2.45) is 5.73 Å². The summed E-state index contributed by atoms with van der Waals surface area (Å²) in [6, 6.07) is 6.07. The SMILES string of the molecule is NCC1Cc2cccc3c2B(OCCO3)O1. The molecule has 2 aliphatic rings. The van der Waals surface area contributed by atoms with Crippen molar-refractivity contribution in [1.29, 1.82) is 0 Å². The second-order valence-corrected chi connectivity index (χ2v) is 4.08. The van der Waals surface area contributed by atoms with Crippen LogP contribution in [0, 0.1) is 0 Å². The monoisotopic (exact) mass is 219 g/mol. The number of nitrogens with two attached hydrogens (primary N) is 1. The van der Waals surface area contributed by atoms with Gasteiger partial charge in [0.1, 0.15) is 12.4 Å². The summed E-state index contributed by atoms with van der Waals surface area (Å²) in [7, 11) is -0.309. The molecule has 3 rings (SSSR count). The Balaban J connectivity index is 2.05. The minimum absolute atomic E-state index is 0.0471. The zero-order valence-corrected chi connectivity index (χ0v) is 9.02. The van der Waals surface area contributed by atoms with E-state index < -0.39 is 0 Å². The van der Waals surface area contributed by atoms with Gasteiger partial charge in [0.05, 0.1) is 12.7 Å². The normalized spacial score (nSPS) is 23.3. The molecule has 0 amide bonds. The molecule has 2 heterocycles. The van der Waals surface area contributed by atoms with Crippen molar-refractivity contribution in [3.8, 4) is 5.75 Å². The van der Waals surface area contributed by atoms with Gasteiger partial charge in [-0.1, -0.05) is 12.1 Å². The highest BCUT2D eigenvalue weighted by Gasteiger charge is 2.36. The lowest BCUT2D eigenvalue weighted by Gasteiger charge is -2.28. The van der Waals surface area contributed by atoms with Crippen molar-refractivity contribution in [2.45, 2.75) is 12.5 Å². The largest absolute Gasteiger partial charge is 0.498 e. The van der Waals surface area contributed by atoms with E-state index in [9.17, 15) is 0 Å². The molecule has 0 aromatic heterocycles. The molecule has 0 saturated heterocycles. The molecule has 16 heavy (non-hydrogen) atoms. The Bertz CT molecular complexity index is 399. The fraction of sp³-hybridized carbons (Fsp3) is 0.455. The third-order valence-corrected chi connectivity index (χ3v) is 3.03. The molecule has 2 aliphatic heterocycles. The quantitative estimate of drug-likeness (QED) is 0.658. The summed E-state index contributed by atoms with van der Waals surface area (Å²) in [6.45, 7) is 1.64. The summed E-state index contributed by atoms with van der Waals surface area (Å²) in [5.41, 5.74) is 7.93. The number of rotatable bonds is 1. The molecule has 0 saturated carbocycles. The van der Waals surface area contributed by atoms with Gasteiger partial charge in [-0.15, -0.1) is 0 Å². The maximum Gasteiger partial charge on any atom is 0.498 e.